The summed E-state index contributed by atoms with van der Waals surface area (Å²) in [5.74, 6) is 0.563. The summed E-state index contributed by atoms with van der Waals surface area (Å²) >= 11 is 6.12. The number of rotatable bonds is 2. The zero-order valence-electron chi connectivity index (χ0n) is 11.9. The second-order valence-corrected chi connectivity index (χ2v) is 5.79. The van der Waals surface area contributed by atoms with Gasteiger partial charge < -0.3 is 9.15 Å². The van der Waals surface area contributed by atoms with E-state index in [-0.39, 0.29) is 5.41 Å². The van der Waals surface area contributed by atoms with E-state index in [0.717, 1.165) is 0 Å². The molecule has 0 aliphatic heterocycles. The molecule has 0 radical (unpaired) electrons. The van der Waals surface area contributed by atoms with Crippen LogP contribution in [0.3, 0.4) is 0 Å². The summed E-state index contributed by atoms with van der Waals surface area (Å²) in [4.78, 5) is 15.9. The molecule has 2 rings (SSSR count). The molecule has 0 spiro atoms. The summed E-state index contributed by atoms with van der Waals surface area (Å²) in [6, 6.07) is 3.33. The van der Waals surface area contributed by atoms with Crippen molar-refractivity contribution in [2.75, 3.05) is 11.9 Å². The van der Waals surface area contributed by atoms with Crippen LogP contribution in [0.15, 0.2) is 16.5 Å². The molecule has 0 atom stereocenters. The fraction of sp³-hybridized carbons (Fsp3) is 0.429. The van der Waals surface area contributed by atoms with Crippen LogP contribution < -0.4 is 5.32 Å². The van der Waals surface area contributed by atoms with Gasteiger partial charge in [0.15, 0.2) is 5.58 Å². The summed E-state index contributed by atoms with van der Waals surface area (Å²) in [7, 11) is 0. The summed E-state index contributed by atoms with van der Waals surface area (Å²) in [5.41, 5.74) is 1.23. The molecule has 0 bridgehead atoms. The number of carbonyl (C=O) groups excluding carboxylic acids is 1. The second kappa shape index (κ2) is 5.32. The number of halogens is 1. The van der Waals surface area contributed by atoms with Gasteiger partial charge in [-0.2, -0.15) is 0 Å². The maximum Gasteiger partial charge on any atom is 0.411 e. The van der Waals surface area contributed by atoms with E-state index in [1.54, 1.807) is 19.1 Å². The van der Waals surface area contributed by atoms with Gasteiger partial charge in [-0.1, -0.05) is 32.4 Å². The summed E-state index contributed by atoms with van der Waals surface area (Å²) < 4.78 is 10.6. The second-order valence-electron chi connectivity index (χ2n) is 5.39. The predicted octanol–water partition coefficient (Wildman–Crippen LogP) is 4.35. The van der Waals surface area contributed by atoms with Crippen molar-refractivity contribution < 1.29 is 13.9 Å². The van der Waals surface area contributed by atoms with E-state index in [4.69, 9.17) is 20.8 Å². The van der Waals surface area contributed by atoms with Crippen molar-refractivity contribution in [3.05, 3.63) is 23.0 Å². The maximum atomic E-state index is 11.5. The Morgan fingerprint density at radius 3 is 2.75 bits per heavy atom. The molecule has 20 heavy (non-hydrogen) atoms. The van der Waals surface area contributed by atoms with Gasteiger partial charge in [0.25, 0.3) is 0 Å². The number of nitrogens with zero attached hydrogens (tertiary/aromatic N) is 1. The molecule has 2 aromatic rings. The monoisotopic (exact) mass is 296 g/mol. The number of amides is 1. The van der Waals surface area contributed by atoms with Gasteiger partial charge in [0, 0.05) is 5.41 Å². The number of aromatic nitrogens is 1. The van der Waals surface area contributed by atoms with Crippen molar-refractivity contribution in [1.29, 1.82) is 0 Å². The minimum atomic E-state index is -0.537. The first-order valence-electron chi connectivity index (χ1n) is 6.36. The molecule has 0 saturated heterocycles. The lowest BCUT2D eigenvalue weighted by atomic mass is 9.97. The molecule has 0 aliphatic carbocycles. The Labute approximate surface area is 122 Å². The normalized spacial score (nSPS) is 11.7. The van der Waals surface area contributed by atoms with Crippen LogP contribution in [0.1, 0.15) is 33.6 Å². The van der Waals surface area contributed by atoms with Crippen LogP contribution in [0.4, 0.5) is 10.5 Å². The van der Waals surface area contributed by atoms with Crippen molar-refractivity contribution in [2.45, 2.75) is 33.1 Å². The van der Waals surface area contributed by atoms with Crippen LogP contribution in [0.2, 0.25) is 5.02 Å². The van der Waals surface area contributed by atoms with E-state index in [0.29, 0.717) is 34.3 Å². The van der Waals surface area contributed by atoms with Gasteiger partial charge in [-0.05, 0) is 19.1 Å². The van der Waals surface area contributed by atoms with Gasteiger partial charge >= 0.3 is 6.09 Å². The zero-order chi connectivity index (χ0) is 14.9. The fourth-order valence-corrected chi connectivity index (χ4v) is 1.86. The Kier molecular flexibility index (Phi) is 3.90. The number of benzene rings is 1. The standard InChI is InChI=1S/C14H17ClN2O3/c1-5-19-13(18)16-9-7-6-8(15)10-11(9)20-12(17-10)14(2,3)4/h6-7H,5H2,1-4H3,(H,16,18). The number of ether oxygens (including phenoxy) is 1. The van der Waals surface area contributed by atoms with Gasteiger partial charge in [-0.3, -0.25) is 5.32 Å². The molecular formula is C14H17ClN2O3. The molecule has 1 N–H and O–H groups in total. The van der Waals surface area contributed by atoms with Crippen LogP contribution in [0.5, 0.6) is 0 Å². The van der Waals surface area contributed by atoms with Gasteiger partial charge in [0.05, 0.1) is 17.3 Å². The Morgan fingerprint density at radius 1 is 1.45 bits per heavy atom. The van der Waals surface area contributed by atoms with Crippen LogP contribution in [0, 0.1) is 0 Å². The number of hydrogen-bond donors (Lipinski definition) is 1. The average Bonchev–Trinajstić information content (AvgIpc) is 2.79. The summed E-state index contributed by atoms with van der Waals surface area (Å²) in [5, 5.41) is 3.10. The SMILES string of the molecule is CCOC(=O)Nc1ccc(Cl)c2nc(C(C)(C)C)oc12. The van der Waals surface area contributed by atoms with Crippen LogP contribution in [-0.4, -0.2) is 17.7 Å². The van der Waals surface area contributed by atoms with Crippen LogP contribution in [0.25, 0.3) is 11.1 Å². The Bertz CT molecular complexity index is 644. The average molecular weight is 297 g/mol. The van der Waals surface area contributed by atoms with E-state index in [1.807, 2.05) is 20.8 Å². The molecule has 1 heterocycles. The number of carbonyl (C=O) groups is 1. The minimum Gasteiger partial charge on any atom is -0.450 e. The van der Waals surface area contributed by atoms with Crippen molar-refractivity contribution in [2.24, 2.45) is 0 Å². The van der Waals surface area contributed by atoms with Crippen LogP contribution >= 0.6 is 11.6 Å². The van der Waals surface area contributed by atoms with Crippen LogP contribution in [-0.2, 0) is 10.2 Å². The molecule has 5 nitrogen and oxygen atoms in total. The third-order valence-electron chi connectivity index (χ3n) is 2.65. The lowest BCUT2D eigenvalue weighted by Crippen LogP contribution is -2.13. The Balaban J connectivity index is 2.48. The topological polar surface area (TPSA) is 64.4 Å². The fourth-order valence-electron chi connectivity index (χ4n) is 1.67. The molecule has 0 saturated carbocycles. The molecular weight excluding hydrogens is 280 g/mol. The molecule has 1 aromatic heterocycles. The first kappa shape index (κ1) is 14.7. The Morgan fingerprint density at radius 2 is 2.15 bits per heavy atom. The quantitative estimate of drug-likeness (QED) is 0.895. The number of anilines is 1. The van der Waals surface area contributed by atoms with E-state index < -0.39 is 6.09 Å². The third-order valence-corrected chi connectivity index (χ3v) is 2.95. The first-order valence-corrected chi connectivity index (χ1v) is 6.74. The third kappa shape index (κ3) is 2.88. The van der Waals surface area contributed by atoms with Crippen molar-refractivity contribution in [3.63, 3.8) is 0 Å². The highest BCUT2D eigenvalue weighted by atomic mass is 35.5. The number of oxazole rings is 1. The van der Waals surface area contributed by atoms with Crippen molar-refractivity contribution in [3.8, 4) is 0 Å². The maximum absolute atomic E-state index is 11.5. The zero-order valence-corrected chi connectivity index (χ0v) is 12.7. The van der Waals surface area contributed by atoms with Gasteiger partial charge in [-0.25, -0.2) is 9.78 Å². The highest BCUT2D eigenvalue weighted by Gasteiger charge is 2.23. The highest BCUT2D eigenvalue weighted by Crippen LogP contribution is 2.34. The minimum absolute atomic E-state index is 0.246. The molecule has 0 unspecified atom stereocenters. The first-order chi connectivity index (χ1) is 9.32. The number of fused-ring (bicyclic) bond motifs is 1. The van der Waals surface area contributed by atoms with Gasteiger partial charge in [0.1, 0.15) is 5.52 Å². The molecule has 0 fully saturated rings. The Hall–Kier alpha value is -1.75. The lowest BCUT2D eigenvalue weighted by molar-refractivity contribution is 0.168. The predicted molar refractivity (Wildman–Crippen MR) is 78.4 cm³/mol. The number of nitrogens with one attached hydrogen (secondary N) is 1. The largest absolute Gasteiger partial charge is 0.450 e. The molecule has 108 valence electrons. The van der Waals surface area contributed by atoms with E-state index in [1.165, 1.54) is 0 Å². The smallest absolute Gasteiger partial charge is 0.411 e. The molecule has 1 amide bonds. The molecule has 1 aromatic carbocycles. The number of hydrogen-bond acceptors (Lipinski definition) is 4. The molecule has 6 heteroatoms. The summed E-state index contributed by atoms with van der Waals surface area (Å²) in [6.45, 7) is 8.01. The van der Waals surface area contributed by atoms with Crippen molar-refractivity contribution >= 4 is 34.5 Å². The van der Waals surface area contributed by atoms with E-state index in [9.17, 15) is 4.79 Å². The highest BCUT2D eigenvalue weighted by molar-refractivity contribution is 6.35. The van der Waals surface area contributed by atoms with Gasteiger partial charge in [0.2, 0.25) is 5.89 Å². The lowest BCUT2D eigenvalue weighted by Gasteiger charge is -2.11. The molecule has 0 aliphatic rings. The van der Waals surface area contributed by atoms with E-state index in [2.05, 4.69) is 10.3 Å². The summed E-state index contributed by atoms with van der Waals surface area (Å²) in [6.07, 6.45) is -0.537. The van der Waals surface area contributed by atoms with E-state index >= 15 is 0 Å². The van der Waals surface area contributed by atoms with Crippen molar-refractivity contribution in [1.82, 2.24) is 4.98 Å². The van der Waals surface area contributed by atoms with Gasteiger partial charge in [-0.15, -0.1) is 0 Å².